The molecule has 2 aromatic rings. The van der Waals surface area contributed by atoms with Crippen LogP contribution in [0.15, 0.2) is 54.6 Å². The summed E-state index contributed by atoms with van der Waals surface area (Å²) in [6.45, 7) is 0.462. The lowest BCUT2D eigenvalue weighted by atomic mass is 10.1. The van der Waals surface area contributed by atoms with Crippen molar-refractivity contribution in [3.8, 4) is 0 Å². The molecule has 0 aliphatic carbocycles. The number of hydrogen-bond acceptors (Lipinski definition) is 2. The third-order valence-corrected chi connectivity index (χ3v) is 2.91. The molecule has 0 bridgehead atoms. The highest BCUT2D eigenvalue weighted by molar-refractivity contribution is 5.99. The van der Waals surface area contributed by atoms with E-state index in [-0.39, 0.29) is 11.8 Å². The average Bonchev–Trinajstić information content (AvgIpc) is 2.53. The molecule has 0 aromatic heterocycles. The highest BCUT2D eigenvalue weighted by atomic mass is 16.2. The quantitative estimate of drug-likeness (QED) is 0.890. The molecule has 2 aromatic carbocycles. The molecule has 0 aliphatic heterocycles. The number of rotatable bonds is 4. The molecule has 4 heteroatoms. The maximum Gasteiger partial charge on any atom is 0.251 e. The summed E-state index contributed by atoms with van der Waals surface area (Å²) < 4.78 is 0. The minimum absolute atomic E-state index is 0.195. The van der Waals surface area contributed by atoms with Crippen LogP contribution in [0, 0.1) is 0 Å². The zero-order valence-electron chi connectivity index (χ0n) is 11.2. The molecule has 0 fully saturated rings. The molecule has 102 valence electrons. The molecule has 0 atom stereocenters. The third-order valence-electron chi connectivity index (χ3n) is 2.91. The van der Waals surface area contributed by atoms with Crippen LogP contribution in [0.5, 0.6) is 0 Å². The second kappa shape index (κ2) is 6.52. The minimum atomic E-state index is -0.206. The molecule has 0 radical (unpaired) electrons. The Bertz CT molecular complexity index is 609. The fourth-order valence-electron chi connectivity index (χ4n) is 1.83. The van der Waals surface area contributed by atoms with Crippen molar-refractivity contribution in [1.82, 2.24) is 10.6 Å². The third kappa shape index (κ3) is 3.45. The van der Waals surface area contributed by atoms with Gasteiger partial charge >= 0.3 is 0 Å². The molecule has 4 nitrogen and oxygen atoms in total. The predicted molar refractivity (Wildman–Crippen MR) is 77.4 cm³/mol. The van der Waals surface area contributed by atoms with E-state index in [1.807, 2.05) is 30.3 Å². The number of carbonyl (C=O) groups excluding carboxylic acids is 2. The number of benzene rings is 2. The van der Waals surface area contributed by atoms with E-state index in [9.17, 15) is 9.59 Å². The molecule has 0 aliphatic rings. The van der Waals surface area contributed by atoms with Gasteiger partial charge in [0.2, 0.25) is 0 Å². The summed E-state index contributed by atoms with van der Waals surface area (Å²) >= 11 is 0. The Morgan fingerprint density at radius 1 is 0.900 bits per heavy atom. The summed E-state index contributed by atoms with van der Waals surface area (Å²) in [5.41, 5.74) is 1.98. The standard InChI is InChI=1S/C16H16N2O2/c1-17-15(19)13-8-5-9-14(10-13)16(20)18-11-12-6-3-2-4-7-12/h2-10H,11H2,1H3,(H,17,19)(H,18,20). The van der Waals surface area contributed by atoms with Crippen molar-refractivity contribution in [1.29, 1.82) is 0 Å². The number of nitrogens with one attached hydrogen (secondary N) is 2. The van der Waals surface area contributed by atoms with Gasteiger partial charge in [0, 0.05) is 24.7 Å². The van der Waals surface area contributed by atoms with Crippen molar-refractivity contribution in [3.05, 3.63) is 71.3 Å². The number of hydrogen-bond donors (Lipinski definition) is 2. The fourth-order valence-corrected chi connectivity index (χ4v) is 1.83. The maximum atomic E-state index is 12.0. The second-order valence-electron chi connectivity index (χ2n) is 4.33. The molecule has 2 amide bonds. The van der Waals surface area contributed by atoms with Crippen LogP contribution in [0.3, 0.4) is 0 Å². The Morgan fingerprint density at radius 2 is 1.55 bits per heavy atom. The van der Waals surface area contributed by atoms with Gasteiger partial charge in [0.25, 0.3) is 11.8 Å². The fraction of sp³-hybridized carbons (Fsp3) is 0.125. The monoisotopic (exact) mass is 268 g/mol. The van der Waals surface area contributed by atoms with Crippen LogP contribution in [0.4, 0.5) is 0 Å². The predicted octanol–water partition coefficient (Wildman–Crippen LogP) is 1.98. The first kappa shape index (κ1) is 13.8. The lowest BCUT2D eigenvalue weighted by Gasteiger charge is -2.06. The van der Waals surface area contributed by atoms with E-state index in [1.165, 1.54) is 0 Å². The van der Waals surface area contributed by atoms with Gasteiger partial charge in [-0.15, -0.1) is 0 Å². The van der Waals surface area contributed by atoms with Crippen LogP contribution < -0.4 is 10.6 Å². The van der Waals surface area contributed by atoms with Gasteiger partial charge in [-0.1, -0.05) is 36.4 Å². The summed E-state index contributed by atoms with van der Waals surface area (Å²) in [5, 5.41) is 5.36. The van der Waals surface area contributed by atoms with E-state index in [0.717, 1.165) is 5.56 Å². The van der Waals surface area contributed by atoms with Gasteiger partial charge in [-0.05, 0) is 23.8 Å². The van der Waals surface area contributed by atoms with E-state index >= 15 is 0 Å². The molecule has 0 heterocycles. The molecule has 2 N–H and O–H groups in total. The van der Waals surface area contributed by atoms with Gasteiger partial charge in [0.1, 0.15) is 0 Å². The zero-order valence-corrected chi connectivity index (χ0v) is 11.2. The lowest BCUT2D eigenvalue weighted by molar-refractivity contribution is 0.0951. The molecule has 20 heavy (non-hydrogen) atoms. The summed E-state index contributed by atoms with van der Waals surface area (Å²) in [5.74, 6) is -0.401. The minimum Gasteiger partial charge on any atom is -0.355 e. The van der Waals surface area contributed by atoms with Crippen LogP contribution in [0.1, 0.15) is 26.3 Å². The van der Waals surface area contributed by atoms with Crippen LogP contribution in [-0.4, -0.2) is 18.9 Å². The highest BCUT2D eigenvalue weighted by Crippen LogP contribution is 2.06. The molecule has 2 rings (SSSR count). The summed E-state index contributed by atoms with van der Waals surface area (Å²) in [7, 11) is 1.56. The maximum absolute atomic E-state index is 12.0. The van der Waals surface area contributed by atoms with Gasteiger partial charge in [-0.2, -0.15) is 0 Å². The van der Waals surface area contributed by atoms with Gasteiger partial charge in [-0.3, -0.25) is 9.59 Å². The first-order chi connectivity index (χ1) is 9.70. The van der Waals surface area contributed by atoms with Crippen molar-refractivity contribution >= 4 is 11.8 Å². The molecular formula is C16H16N2O2. The van der Waals surface area contributed by atoms with Crippen molar-refractivity contribution in [3.63, 3.8) is 0 Å². The van der Waals surface area contributed by atoms with Crippen molar-refractivity contribution in [2.75, 3.05) is 7.05 Å². The molecule has 0 spiro atoms. The topological polar surface area (TPSA) is 58.2 Å². The molecule has 0 saturated heterocycles. The molecule has 0 unspecified atom stereocenters. The van der Waals surface area contributed by atoms with Crippen molar-refractivity contribution < 1.29 is 9.59 Å². The first-order valence-electron chi connectivity index (χ1n) is 6.35. The van der Waals surface area contributed by atoms with Crippen molar-refractivity contribution in [2.24, 2.45) is 0 Å². The largest absolute Gasteiger partial charge is 0.355 e. The summed E-state index contributed by atoms with van der Waals surface area (Å²) in [6.07, 6.45) is 0. The lowest BCUT2D eigenvalue weighted by Crippen LogP contribution is -2.24. The van der Waals surface area contributed by atoms with Crippen molar-refractivity contribution in [2.45, 2.75) is 6.54 Å². The Kier molecular flexibility index (Phi) is 4.50. The van der Waals surface area contributed by atoms with E-state index in [0.29, 0.717) is 17.7 Å². The van der Waals surface area contributed by atoms with E-state index in [2.05, 4.69) is 10.6 Å². The Balaban J connectivity index is 2.04. The van der Waals surface area contributed by atoms with Gasteiger partial charge in [0.05, 0.1) is 0 Å². The summed E-state index contributed by atoms with van der Waals surface area (Å²) in [6, 6.07) is 16.3. The Morgan fingerprint density at radius 3 is 2.20 bits per heavy atom. The molecule has 0 saturated carbocycles. The van der Waals surface area contributed by atoms with Crippen LogP contribution in [0.25, 0.3) is 0 Å². The number of amides is 2. The zero-order chi connectivity index (χ0) is 14.4. The van der Waals surface area contributed by atoms with Crippen LogP contribution in [0.2, 0.25) is 0 Å². The second-order valence-corrected chi connectivity index (χ2v) is 4.33. The molecular weight excluding hydrogens is 252 g/mol. The van der Waals surface area contributed by atoms with Crippen LogP contribution >= 0.6 is 0 Å². The number of carbonyl (C=O) groups is 2. The van der Waals surface area contributed by atoms with Crippen LogP contribution in [-0.2, 0) is 6.54 Å². The Hall–Kier alpha value is -2.62. The van der Waals surface area contributed by atoms with E-state index in [4.69, 9.17) is 0 Å². The SMILES string of the molecule is CNC(=O)c1cccc(C(=O)NCc2ccccc2)c1. The smallest absolute Gasteiger partial charge is 0.251 e. The first-order valence-corrected chi connectivity index (χ1v) is 6.35. The van der Waals surface area contributed by atoms with Gasteiger partial charge in [-0.25, -0.2) is 0 Å². The highest BCUT2D eigenvalue weighted by Gasteiger charge is 2.09. The van der Waals surface area contributed by atoms with E-state index in [1.54, 1.807) is 31.3 Å². The average molecular weight is 268 g/mol. The van der Waals surface area contributed by atoms with E-state index < -0.39 is 0 Å². The van der Waals surface area contributed by atoms with Gasteiger partial charge in [0.15, 0.2) is 0 Å². The Labute approximate surface area is 117 Å². The summed E-state index contributed by atoms with van der Waals surface area (Å²) in [4.78, 5) is 23.6. The van der Waals surface area contributed by atoms with Gasteiger partial charge < -0.3 is 10.6 Å². The normalized spacial score (nSPS) is 9.85.